The zero-order valence-corrected chi connectivity index (χ0v) is 12.7. The van der Waals surface area contributed by atoms with Gasteiger partial charge < -0.3 is 15.4 Å². The number of nitrogens with zero attached hydrogens (tertiary/aromatic N) is 1. The second kappa shape index (κ2) is 9.17. The molecule has 1 fully saturated rings. The van der Waals surface area contributed by atoms with Gasteiger partial charge in [0.15, 0.2) is 0 Å². The molecule has 6 nitrogen and oxygen atoms in total. The lowest BCUT2D eigenvalue weighted by Gasteiger charge is -2.26. The van der Waals surface area contributed by atoms with Gasteiger partial charge in [-0.25, -0.2) is 0 Å². The summed E-state index contributed by atoms with van der Waals surface area (Å²) < 4.78 is 5.28. The molecule has 1 saturated heterocycles. The molecule has 0 unspecified atom stereocenters. The minimum atomic E-state index is -0.232. The Morgan fingerprint density at radius 2 is 1.82 bits per heavy atom. The second-order valence-corrected chi connectivity index (χ2v) is 5.21. The molecule has 0 atom stereocenters. The molecule has 0 aromatic heterocycles. The van der Waals surface area contributed by atoms with E-state index in [2.05, 4.69) is 15.5 Å². The number of rotatable bonds is 7. The van der Waals surface area contributed by atoms with E-state index in [1.807, 2.05) is 6.07 Å². The third-order valence-corrected chi connectivity index (χ3v) is 3.52. The first-order chi connectivity index (χ1) is 10.8. The Morgan fingerprint density at radius 1 is 1.09 bits per heavy atom. The maximum Gasteiger partial charge on any atom is 0.251 e. The lowest BCUT2D eigenvalue weighted by atomic mass is 10.2. The van der Waals surface area contributed by atoms with Gasteiger partial charge >= 0.3 is 0 Å². The first-order valence-electron chi connectivity index (χ1n) is 7.66. The van der Waals surface area contributed by atoms with Gasteiger partial charge in [0.25, 0.3) is 5.91 Å². The molecule has 2 amide bonds. The summed E-state index contributed by atoms with van der Waals surface area (Å²) in [5.74, 6) is -0.393. The van der Waals surface area contributed by atoms with E-state index in [0.29, 0.717) is 12.1 Å². The van der Waals surface area contributed by atoms with Crippen molar-refractivity contribution in [3.63, 3.8) is 0 Å². The van der Waals surface area contributed by atoms with Gasteiger partial charge in [-0.3, -0.25) is 14.5 Å². The second-order valence-electron chi connectivity index (χ2n) is 5.21. The highest BCUT2D eigenvalue weighted by atomic mass is 16.5. The number of benzene rings is 1. The van der Waals surface area contributed by atoms with Crippen molar-refractivity contribution in [3.05, 3.63) is 35.9 Å². The topological polar surface area (TPSA) is 70.7 Å². The summed E-state index contributed by atoms with van der Waals surface area (Å²) in [6, 6.07) is 8.87. The Hall–Kier alpha value is -1.92. The zero-order chi connectivity index (χ0) is 15.6. The van der Waals surface area contributed by atoms with Crippen LogP contribution in [0.2, 0.25) is 0 Å². The van der Waals surface area contributed by atoms with Gasteiger partial charge in [0.2, 0.25) is 5.91 Å². The van der Waals surface area contributed by atoms with E-state index in [0.717, 1.165) is 39.3 Å². The summed E-state index contributed by atoms with van der Waals surface area (Å²) >= 11 is 0. The molecule has 22 heavy (non-hydrogen) atoms. The molecule has 1 heterocycles. The Bertz CT molecular complexity index is 473. The highest BCUT2D eigenvalue weighted by Gasteiger charge is 2.10. The molecule has 2 N–H and O–H groups in total. The number of ether oxygens (including phenoxy) is 1. The van der Waals surface area contributed by atoms with E-state index in [1.165, 1.54) is 0 Å². The number of hydrogen-bond donors (Lipinski definition) is 2. The summed E-state index contributed by atoms with van der Waals surface area (Å²) in [6.45, 7) is 5.08. The Morgan fingerprint density at radius 3 is 2.55 bits per heavy atom. The molecule has 120 valence electrons. The van der Waals surface area contributed by atoms with Crippen molar-refractivity contribution in [1.82, 2.24) is 15.5 Å². The molecule has 0 aliphatic carbocycles. The average Bonchev–Trinajstić information content (AvgIpc) is 2.58. The molecule has 1 aliphatic rings. The SMILES string of the molecule is O=C(CNC(=O)c1ccccc1)NCCCN1CCOCC1. The number of morpholine rings is 1. The third kappa shape index (κ3) is 5.83. The standard InChI is InChI=1S/C16H23N3O3/c20-15(13-18-16(21)14-5-2-1-3-6-14)17-7-4-8-19-9-11-22-12-10-19/h1-3,5-6H,4,7-13H2,(H,17,20)(H,18,21). The number of amides is 2. The number of nitrogens with one attached hydrogen (secondary N) is 2. The van der Waals surface area contributed by atoms with Crippen LogP contribution in [0.4, 0.5) is 0 Å². The van der Waals surface area contributed by atoms with Gasteiger partial charge in [-0.05, 0) is 25.1 Å². The maximum atomic E-state index is 11.8. The van der Waals surface area contributed by atoms with Crippen LogP contribution in [0.3, 0.4) is 0 Å². The summed E-state index contributed by atoms with van der Waals surface area (Å²) in [6.07, 6.45) is 0.901. The quantitative estimate of drug-likeness (QED) is 0.709. The van der Waals surface area contributed by atoms with Crippen LogP contribution in [0.15, 0.2) is 30.3 Å². The van der Waals surface area contributed by atoms with Crippen molar-refractivity contribution >= 4 is 11.8 Å². The van der Waals surface area contributed by atoms with Crippen LogP contribution in [0.25, 0.3) is 0 Å². The Labute approximate surface area is 130 Å². The Balaban J connectivity index is 1.55. The summed E-state index contributed by atoms with van der Waals surface area (Å²) in [7, 11) is 0. The van der Waals surface area contributed by atoms with Crippen LogP contribution in [-0.2, 0) is 9.53 Å². The van der Waals surface area contributed by atoms with Crippen molar-refractivity contribution in [2.75, 3.05) is 45.9 Å². The zero-order valence-electron chi connectivity index (χ0n) is 12.7. The van der Waals surface area contributed by atoms with Crippen molar-refractivity contribution in [3.8, 4) is 0 Å². The van der Waals surface area contributed by atoms with Gasteiger partial charge in [0.1, 0.15) is 0 Å². The van der Waals surface area contributed by atoms with Gasteiger partial charge in [-0.15, -0.1) is 0 Å². The molecule has 6 heteroatoms. The first kappa shape index (κ1) is 16.5. The normalized spacial score (nSPS) is 15.3. The van der Waals surface area contributed by atoms with E-state index in [1.54, 1.807) is 24.3 Å². The molecule has 0 saturated carbocycles. The lowest BCUT2D eigenvalue weighted by Crippen LogP contribution is -2.40. The summed E-state index contributed by atoms with van der Waals surface area (Å²) in [5, 5.41) is 5.43. The van der Waals surface area contributed by atoms with Crippen LogP contribution in [0.1, 0.15) is 16.8 Å². The van der Waals surface area contributed by atoms with Crippen molar-refractivity contribution < 1.29 is 14.3 Å². The molecule has 1 aromatic rings. The van der Waals surface area contributed by atoms with E-state index < -0.39 is 0 Å². The fourth-order valence-electron chi connectivity index (χ4n) is 2.27. The van der Waals surface area contributed by atoms with Gasteiger partial charge in [-0.2, -0.15) is 0 Å². The number of carbonyl (C=O) groups is 2. The fraction of sp³-hybridized carbons (Fsp3) is 0.500. The van der Waals surface area contributed by atoms with Crippen molar-refractivity contribution in [1.29, 1.82) is 0 Å². The Kier molecular flexibility index (Phi) is 6.86. The van der Waals surface area contributed by atoms with Crippen LogP contribution >= 0.6 is 0 Å². The van der Waals surface area contributed by atoms with Gasteiger partial charge in [-0.1, -0.05) is 18.2 Å². The van der Waals surface area contributed by atoms with Gasteiger partial charge in [0, 0.05) is 25.2 Å². The van der Waals surface area contributed by atoms with Crippen LogP contribution in [0, 0.1) is 0 Å². The van der Waals surface area contributed by atoms with Crippen LogP contribution in [-0.4, -0.2) is 62.7 Å². The molecule has 0 bridgehead atoms. The third-order valence-electron chi connectivity index (χ3n) is 3.52. The molecule has 2 rings (SSSR count). The lowest BCUT2D eigenvalue weighted by molar-refractivity contribution is -0.120. The predicted molar refractivity (Wildman–Crippen MR) is 83.7 cm³/mol. The molecule has 0 radical (unpaired) electrons. The molecular formula is C16H23N3O3. The highest BCUT2D eigenvalue weighted by molar-refractivity contribution is 5.96. The summed E-state index contributed by atoms with van der Waals surface area (Å²) in [4.78, 5) is 25.8. The smallest absolute Gasteiger partial charge is 0.251 e. The van der Waals surface area contributed by atoms with Crippen molar-refractivity contribution in [2.45, 2.75) is 6.42 Å². The van der Waals surface area contributed by atoms with Crippen LogP contribution < -0.4 is 10.6 Å². The van der Waals surface area contributed by atoms with Crippen molar-refractivity contribution in [2.24, 2.45) is 0 Å². The molecule has 0 spiro atoms. The van der Waals surface area contributed by atoms with E-state index in [4.69, 9.17) is 4.74 Å². The maximum absolute atomic E-state index is 11.8. The van der Waals surface area contributed by atoms with Crippen LogP contribution in [0.5, 0.6) is 0 Å². The largest absolute Gasteiger partial charge is 0.379 e. The van der Waals surface area contributed by atoms with E-state index in [-0.39, 0.29) is 18.4 Å². The minimum absolute atomic E-state index is 0.00524. The van der Waals surface area contributed by atoms with Gasteiger partial charge in [0.05, 0.1) is 19.8 Å². The number of hydrogen-bond acceptors (Lipinski definition) is 4. The molecule has 1 aliphatic heterocycles. The molecular weight excluding hydrogens is 282 g/mol. The summed E-state index contributed by atoms with van der Waals surface area (Å²) in [5.41, 5.74) is 0.558. The minimum Gasteiger partial charge on any atom is -0.379 e. The van der Waals surface area contributed by atoms with E-state index >= 15 is 0 Å². The molecule has 1 aromatic carbocycles. The first-order valence-corrected chi connectivity index (χ1v) is 7.66. The van der Waals surface area contributed by atoms with E-state index in [9.17, 15) is 9.59 Å². The average molecular weight is 305 g/mol. The monoisotopic (exact) mass is 305 g/mol. The fourth-order valence-corrected chi connectivity index (χ4v) is 2.27. The predicted octanol–water partition coefficient (Wildman–Crippen LogP) is 0.255. The highest BCUT2D eigenvalue weighted by Crippen LogP contribution is 1.98. The number of carbonyl (C=O) groups excluding carboxylic acids is 2.